The maximum atomic E-state index is 12.8. The number of aromatic amines is 1. The smallest absolute Gasteiger partial charge is 0.312 e. The first-order chi connectivity index (χ1) is 15.0. The minimum atomic E-state index is -0.859. The quantitative estimate of drug-likeness (QED) is 0.402. The van der Waals surface area contributed by atoms with E-state index in [0.29, 0.717) is 15.9 Å². The van der Waals surface area contributed by atoms with Gasteiger partial charge in [-0.25, -0.2) is 4.98 Å². The molecule has 0 bridgehead atoms. The highest BCUT2D eigenvalue weighted by Gasteiger charge is 2.12. The molecule has 0 saturated carbocycles. The highest BCUT2D eigenvalue weighted by molar-refractivity contribution is 6.35. The van der Waals surface area contributed by atoms with E-state index in [0.717, 1.165) is 23.2 Å². The molecule has 5 aromatic rings. The van der Waals surface area contributed by atoms with E-state index in [2.05, 4.69) is 19.9 Å². The lowest BCUT2D eigenvalue weighted by Gasteiger charge is -2.14. The molecule has 3 N–H and O–H groups in total. The van der Waals surface area contributed by atoms with Crippen molar-refractivity contribution in [3.8, 4) is 5.69 Å². The Bertz CT molecular complexity index is 1430. The fraction of sp³-hybridized carbons (Fsp3) is 0.0909. The van der Waals surface area contributed by atoms with Crippen LogP contribution in [0.1, 0.15) is 12.6 Å². The Labute approximate surface area is 181 Å². The summed E-state index contributed by atoms with van der Waals surface area (Å²) in [5.74, 6) is 0.0741. The molecule has 9 heteroatoms. The van der Waals surface area contributed by atoms with Crippen molar-refractivity contribution in [2.75, 3.05) is 5.73 Å². The summed E-state index contributed by atoms with van der Waals surface area (Å²) in [5, 5.41) is 1.97. The van der Waals surface area contributed by atoms with Crippen molar-refractivity contribution in [1.29, 1.82) is 0 Å². The highest BCUT2D eigenvalue weighted by atomic mass is 35.5. The van der Waals surface area contributed by atoms with Gasteiger partial charge < -0.3 is 10.7 Å². The number of halogens is 2. The summed E-state index contributed by atoms with van der Waals surface area (Å²) in [6.45, 7) is 2.05. The number of anilines is 1. The second kappa shape index (κ2) is 8.53. The number of nitrogens with one attached hydrogen (secondary N) is 1. The lowest BCUT2D eigenvalue weighted by atomic mass is 10.1. The predicted octanol–water partition coefficient (Wildman–Crippen LogP) is 4.28. The molecule has 7 nitrogen and oxygen atoms in total. The molecule has 0 spiro atoms. The largest absolute Gasteiger partial charge is 0.382 e. The van der Waals surface area contributed by atoms with Gasteiger partial charge in [-0.3, -0.25) is 9.36 Å². The molecule has 5 rings (SSSR count). The van der Waals surface area contributed by atoms with Crippen molar-refractivity contribution in [1.82, 2.24) is 24.5 Å². The van der Waals surface area contributed by atoms with E-state index in [1.807, 2.05) is 55.5 Å². The van der Waals surface area contributed by atoms with Gasteiger partial charge in [0.1, 0.15) is 5.52 Å². The van der Waals surface area contributed by atoms with E-state index in [4.69, 9.17) is 17.3 Å². The van der Waals surface area contributed by atoms with Crippen LogP contribution in [0.4, 0.5) is 10.2 Å². The van der Waals surface area contributed by atoms with Crippen LogP contribution in [0.3, 0.4) is 0 Å². The molecule has 0 amide bonds. The minimum Gasteiger partial charge on any atom is -0.382 e. The van der Waals surface area contributed by atoms with Crippen LogP contribution in [-0.4, -0.2) is 24.5 Å². The molecule has 31 heavy (non-hydrogen) atoms. The Morgan fingerprint density at radius 2 is 1.90 bits per heavy atom. The van der Waals surface area contributed by atoms with E-state index in [-0.39, 0.29) is 17.0 Å². The average Bonchev–Trinajstić information content (AvgIpc) is 3.23. The zero-order chi connectivity index (χ0) is 22.0. The number of fused-ring (bicyclic) bond motifs is 2. The van der Waals surface area contributed by atoms with Gasteiger partial charge in [0, 0.05) is 11.4 Å². The second-order valence-corrected chi connectivity index (χ2v) is 7.06. The summed E-state index contributed by atoms with van der Waals surface area (Å²) >= 11 is 6.20. The molecule has 156 valence electrons. The van der Waals surface area contributed by atoms with Crippen molar-refractivity contribution >= 4 is 39.4 Å². The zero-order valence-electron chi connectivity index (χ0n) is 16.5. The lowest BCUT2D eigenvalue weighted by molar-refractivity contribution is 0.546. The van der Waals surface area contributed by atoms with Gasteiger partial charge in [0.15, 0.2) is 11.5 Å². The van der Waals surface area contributed by atoms with Gasteiger partial charge in [-0.05, 0) is 36.1 Å². The molecule has 2 aromatic carbocycles. The summed E-state index contributed by atoms with van der Waals surface area (Å²) in [7, 11) is 0. The molecule has 0 radical (unpaired) electrons. The molecule has 0 aliphatic carbocycles. The number of H-pyrrole nitrogens is 1. The molecular formula is C22H18ClFN6O. The average molecular weight is 437 g/mol. The summed E-state index contributed by atoms with van der Waals surface area (Å²) in [6.07, 6.45) is 1.31. The number of aryl methyl sites for hydroxylation is 1. The molecule has 3 aromatic heterocycles. The van der Waals surface area contributed by atoms with Crippen LogP contribution < -0.4 is 11.3 Å². The van der Waals surface area contributed by atoms with Crippen LogP contribution in [0.5, 0.6) is 0 Å². The summed E-state index contributed by atoms with van der Waals surface area (Å²) in [4.78, 5) is 25.9. The Morgan fingerprint density at radius 3 is 2.65 bits per heavy atom. The Hall–Kier alpha value is -3.78. The Balaban J connectivity index is 0.000000177. The third kappa shape index (κ3) is 3.97. The normalized spacial score (nSPS) is 10.8. The van der Waals surface area contributed by atoms with Gasteiger partial charge in [-0.15, -0.1) is 0 Å². The molecule has 0 unspecified atom stereocenters. The SMILES string of the molecule is CCc1cc2cccc(Cl)c2c(=O)n1-c1ccccc1.Nc1nc(F)nc2nc[nH]c12. The van der Waals surface area contributed by atoms with Crippen LogP contribution >= 0.6 is 11.6 Å². The van der Waals surface area contributed by atoms with Gasteiger partial charge in [0.25, 0.3) is 5.56 Å². The number of rotatable bonds is 2. The van der Waals surface area contributed by atoms with E-state index in [1.54, 1.807) is 10.6 Å². The maximum absolute atomic E-state index is 12.8. The number of pyridine rings is 1. The standard InChI is InChI=1S/C17H14ClNO.C5H4FN5/c1-2-13-11-12-7-6-10-15(18)16(12)17(20)19(13)14-8-4-3-5-9-14;6-5-10-3(7)2-4(11-5)9-1-8-2/h3-11H,2H2,1H3;1H,(H3,7,8,9,10,11). The number of nitrogens with zero attached hydrogens (tertiary/aromatic N) is 4. The number of hydrogen-bond donors (Lipinski definition) is 2. The number of para-hydroxylation sites is 1. The van der Waals surface area contributed by atoms with Crippen LogP contribution in [-0.2, 0) is 6.42 Å². The number of hydrogen-bond acceptors (Lipinski definition) is 5. The number of nitrogens with two attached hydrogens (primary N) is 1. The fourth-order valence-corrected chi connectivity index (χ4v) is 3.58. The first-order valence-electron chi connectivity index (χ1n) is 9.50. The number of imidazole rings is 1. The number of nitrogen functional groups attached to an aromatic ring is 1. The molecule has 3 heterocycles. The second-order valence-electron chi connectivity index (χ2n) is 6.65. The Kier molecular flexibility index (Phi) is 5.64. The van der Waals surface area contributed by atoms with Crippen molar-refractivity contribution in [2.24, 2.45) is 0 Å². The number of aromatic nitrogens is 5. The van der Waals surface area contributed by atoms with E-state index < -0.39 is 6.08 Å². The maximum Gasteiger partial charge on any atom is 0.312 e. The topological polar surface area (TPSA) is 102 Å². The summed E-state index contributed by atoms with van der Waals surface area (Å²) < 4.78 is 14.2. The van der Waals surface area contributed by atoms with Crippen LogP contribution in [0.15, 0.2) is 65.7 Å². The molecule has 0 atom stereocenters. The van der Waals surface area contributed by atoms with Gasteiger partial charge in [-0.1, -0.05) is 48.9 Å². The van der Waals surface area contributed by atoms with Crippen molar-refractivity contribution in [3.63, 3.8) is 0 Å². The third-order valence-corrected chi connectivity index (χ3v) is 5.05. The van der Waals surface area contributed by atoms with Gasteiger partial charge >= 0.3 is 6.08 Å². The molecule has 0 saturated heterocycles. The monoisotopic (exact) mass is 436 g/mol. The van der Waals surface area contributed by atoms with Crippen LogP contribution in [0.25, 0.3) is 27.6 Å². The van der Waals surface area contributed by atoms with E-state index in [1.165, 1.54) is 6.33 Å². The van der Waals surface area contributed by atoms with E-state index >= 15 is 0 Å². The third-order valence-electron chi connectivity index (χ3n) is 4.74. The summed E-state index contributed by atoms with van der Waals surface area (Å²) in [5.41, 5.74) is 7.84. The van der Waals surface area contributed by atoms with Gasteiger partial charge in [-0.2, -0.15) is 14.4 Å². The molecule has 0 aliphatic heterocycles. The van der Waals surface area contributed by atoms with Gasteiger partial charge in [0.2, 0.25) is 0 Å². The lowest BCUT2D eigenvalue weighted by Crippen LogP contribution is -2.22. The minimum absolute atomic E-state index is 0.0591. The van der Waals surface area contributed by atoms with Crippen molar-refractivity contribution in [2.45, 2.75) is 13.3 Å². The van der Waals surface area contributed by atoms with Crippen LogP contribution in [0, 0.1) is 6.08 Å². The molecule has 0 fully saturated rings. The number of benzene rings is 2. The molecule has 0 aliphatic rings. The first kappa shape index (κ1) is 20.5. The van der Waals surface area contributed by atoms with Crippen molar-refractivity contribution in [3.05, 3.63) is 88.1 Å². The first-order valence-corrected chi connectivity index (χ1v) is 9.88. The molecular weight excluding hydrogens is 419 g/mol. The highest BCUT2D eigenvalue weighted by Crippen LogP contribution is 2.22. The van der Waals surface area contributed by atoms with E-state index in [9.17, 15) is 9.18 Å². The fourth-order valence-electron chi connectivity index (χ4n) is 3.32. The Morgan fingerprint density at radius 1 is 1.13 bits per heavy atom. The summed E-state index contributed by atoms with van der Waals surface area (Å²) in [6, 6.07) is 17.3. The van der Waals surface area contributed by atoms with Gasteiger partial charge in [0.05, 0.1) is 16.7 Å². The predicted molar refractivity (Wildman–Crippen MR) is 120 cm³/mol. The zero-order valence-corrected chi connectivity index (χ0v) is 17.3. The van der Waals surface area contributed by atoms with Crippen molar-refractivity contribution < 1.29 is 4.39 Å². The van der Waals surface area contributed by atoms with Crippen LogP contribution in [0.2, 0.25) is 5.02 Å².